The first-order valence-electron chi connectivity index (χ1n) is 10.1. The van der Waals surface area contributed by atoms with Gasteiger partial charge in [0.25, 0.3) is 5.91 Å². The number of methoxy groups -OCH3 is 2. The summed E-state index contributed by atoms with van der Waals surface area (Å²) in [6.07, 6.45) is 1.29. The minimum atomic E-state index is -0.753. The van der Waals surface area contributed by atoms with Gasteiger partial charge in [0, 0.05) is 10.0 Å². The van der Waals surface area contributed by atoms with Gasteiger partial charge in [0.05, 0.1) is 31.0 Å². The molecule has 0 radical (unpaired) electrons. The topological polar surface area (TPSA) is 115 Å². The maximum Gasteiger partial charge on any atom is 0.343 e. The lowest BCUT2D eigenvalue weighted by Gasteiger charge is -2.11. The van der Waals surface area contributed by atoms with Crippen LogP contribution in [0, 0.1) is 11.3 Å². The third-order valence-electron chi connectivity index (χ3n) is 4.75. The number of carbonyl (C=O) groups excluding carboxylic acids is 3. The highest BCUT2D eigenvalue weighted by molar-refractivity contribution is 9.10. The number of benzene rings is 3. The minimum absolute atomic E-state index is 0.136. The van der Waals surface area contributed by atoms with E-state index < -0.39 is 17.8 Å². The van der Waals surface area contributed by atoms with E-state index in [1.807, 2.05) is 6.07 Å². The van der Waals surface area contributed by atoms with Gasteiger partial charge in [-0.3, -0.25) is 4.79 Å². The summed E-state index contributed by atoms with van der Waals surface area (Å²) in [7, 11) is 2.74. The molecular weight excluding hydrogens is 516 g/mol. The third kappa shape index (κ3) is 6.34. The number of carbonyl (C=O) groups is 3. The fourth-order valence-electron chi connectivity index (χ4n) is 2.98. The second-order valence-corrected chi connectivity index (χ2v) is 7.88. The van der Waals surface area contributed by atoms with E-state index in [1.54, 1.807) is 48.5 Å². The van der Waals surface area contributed by atoms with Crippen molar-refractivity contribution in [2.75, 3.05) is 19.5 Å². The van der Waals surface area contributed by atoms with Crippen LogP contribution < -0.4 is 14.8 Å². The monoisotopic (exact) mass is 534 g/mol. The number of hydrogen-bond donors (Lipinski definition) is 1. The van der Waals surface area contributed by atoms with Crippen molar-refractivity contribution in [1.82, 2.24) is 0 Å². The molecule has 3 aromatic rings. The fourth-order valence-corrected chi connectivity index (χ4v) is 3.36. The Bertz CT molecular complexity index is 1340. The van der Waals surface area contributed by atoms with E-state index in [-0.39, 0.29) is 22.6 Å². The highest BCUT2D eigenvalue weighted by atomic mass is 79.9. The van der Waals surface area contributed by atoms with E-state index in [9.17, 15) is 19.6 Å². The Balaban J connectivity index is 1.89. The summed E-state index contributed by atoms with van der Waals surface area (Å²) in [5, 5.41) is 12.2. The maximum atomic E-state index is 12.8. The molecule has 8 nitrogen and oxygen atoms in total. The summed E-state index contributed by atoms with van der Waals surface area (Å²) < 4.78 is 16.0. The number of amides is 1. The molecule has 0 saturated heterocycles. The van der Waals surface area contributed by atoms with Gasteiger partial charge in [-0.25, -0.2) is 9.59 Å². The van der Waals surface area contributed by atoms with Crippen molar-refractivity contribution in [1.29, 1.82) is 5.26 Å². The van der Waals surface area contributed by atoms with Crippen LogP contribution in [0.25, 0.3) is 6.08 Å². The van der Waals surface area contributed by atoms with E-state index in [0.29, 0.717) is 21.3 Å². The SMILES string of the molecule is COC(=O)c1ccccc1NC(=O)/C(C#N)=C/c1cc(Br)ccc1OC(=O)c1ccc(OC)cc1. The van der Waals surface area contributed by atoms with Crippen molar-refractivity contribution in [3.8, 4) is 17.6 Å². The number of nitrogens with one attached hydrogen (secondary N) is 1. The van der Waals surface area contributed by atoms with Crippen LogP contribution in [0.4, 0.5) is 5.69 Å². The molecule has 0 aliphatic rings. The van der Waals surface area contributed by atoms with Crippen molar-refractivity contribution in [2.24, 2.45) is 0 Å². The second kappa shape index (κ2) is 11.6. The molecule has 0 bridgehead atoms. The molecule has 1 N–H and O–H groups in total. The molecular formula is C26H19BrN2O6. The fraction of sp³-hybridized carbons (Fsp3) is 0.0769. The van der Waals surface area contributed by atoms with E-state index in [4.69, 9.17) is 14.2 Å². The van der Waals surface area contributed by atoms with Gasteiger partial charge in [-0.1, -0.05) is 28.1 Å². The summed E-state index contributed by atoms with van der Waals surface area (Å²) in [6, 6.07) is 19.3. The van der Waals surface area contributed by atoms with Crippen LogP contribution in [-0.2, 0) is 9.53 Å². The van der Waals surface area contributed by atoms with Gasteiger partial charge in [-0.2, -0.15) is 5.26 Å². The van der Waals surface area contributed by atoms with Crippen LogP contribution in [0.3, 0.4) is 0 Å². The average molecular weight is 535 g/mol. The molecule has 0 saturated carbocycles. The number of hydrogen-bond acceptors (Lipinski definition) is 7. The smallest absolute Gasteiger partial charge is 0.343 e. The summed E-state index contributed by atoms with van der Waals surface area (Å²) in [5.41, 5.74) is 0.656. The Kier molecular flexibility index (Phi) is 8.38. The number of nitriles is 1. The lowest BCUT2D eigenvalue weighted by Crippen LogP contribution is -2.16. The molecule has 0 unspecified atom stereocenters. The molecule has 0 atom stereocenters. The zero-order chi connectivity index (χ0) is 25.4. The Morgan fingerprint density at radius 1 is 0.971 bits per heavy atom. The van der Waals surface area contributed by atoms with E-state index in [1.165, 1.54) is 38.5 Å². The van der Waals surface area contributed by atoms with E-state index >= 15 is 0 Å². The molecule has 3 aromatic carbocycles. The average Bonchev–Trinajstić information content (AvgIpc) is 2.88. The normalized spacial score (nSPS) is 10.6. The van der Waals surface area contributed by atoms with Gasteiger partial charge < -0.3 is 19.5 Å². The Labute approximate surface area is 209 Å². The van der Waals surface area contributed by atoms with Gasteiger partial charge in [0.1, 0.15) is 23.1 Å². The zero-order valence-corrected chi connectivity index (χ0v) is 20.3. The van der Waals surface area contributed by atoms with Crippen LogP contribution in [0.5, 0.6) is 11.5 Å². The molecule has 3 rings (SSSR count). The van der Waals surface area contributed by atoms with Crippen molar-refractivity contribution in [3.05, 3.63) is 93.5 Å². The Morgan fingerprint density at radius 2 is 1.69 bits per heavy atom. The van der Waals surface area contributed by atoms with Crippen molar-refractivity contribution < 1.29 is 28.6 Å². The van der Waals surface area contributed by atoms with E-state index in [0.717, 1.165) is 0 Å². The molecule has 0 fully saturated rings. The first kappa shape index (κ1) is 25.2. The largest absolute Gasteiger partial charge is 0.497 e. The summed E-state index contributed by atoms with van der Waals surface area (Å²) in [5.74, 6) is -1.28. The lowest BCUT2D eigenvalue weighted by atomic mass is 10.1. The standard InChI is InChI=1S/C26H19BrN2O6/c1-33-20-10-7-16(8-11-20)25(31)35-23-12-9-19(27)14-17(23)13-18(15-28)24(30)29-22-6-4-3-5-21(22)26(32)34-2/h3-14H,1-2H3,(H,29,30)/b18-13+. The number of halogens is 1. The summed E-state index contributed by atoms with van der Waals surface area (Å²) in [6.45, 7) is 0. The molecule has 9 heteroatoms. The van der Waals surface area contributed by atoms with Gasteiger partial charge in [0.15, 0.2) is 0 Å². The van der Waals surface area contributed by atoms with Crippen LogP contribution in [0.2, 0.25) is 0 Å². The number of rotatable bonds is 7. The molecule has 176 valence electrons. The Hall–Kier alpha value is -4.42. The first-order chi connectivity index (χ1) is 16.9. The van der Waals surface area contributed by atoms with Crippen LogP contribution in [0.15, 0.2) is 76.8 Å². The molecule has 0 aliphatic heterocycles. The predicted molar refractivity (Wildman–Crippen MR) is 132 cm³/mol. The second-order valence-electron chi connectivity index (χ2n) is 6.96. The van der Waals surface area contributed by atoms with Crippen molar-refractivity contribution >= 4 is 45.5 Å². The quantitative estimate of drug-likeness (QED) is 0.196. The zero-order valence-electron chi connectivity index (χ0n) is 18.7. The van der Waals surface area contributed by atoms with Crippen LogP contribution >= 0.6 is 15.9 Å². The molecule has 0 aromatic heterocycles. The number of para-hydroxylation sites is 1. The van der Waals surface area contributed by atoms with E-state index in [2.05, 4.69) is 21.2 Å². The maximum absolute atomic E-state index is 12.8. The molecule has 0 spiro atoms. The molecule has 1 amide bonds. The highest BCUT2D eigenvalue weighted by Gasteiger charge is 2.18. The summed E-state index contributed by atoms with van der Waals surface area (Å²) in [4.78, 5) is 37.4. The number of nitrogens with zero attached hydrogens (tertiary/aromatic N) is 1. The number of anilines is 1. The molecule has 0 heterocycles. The van der Waals surface area contributed by atoms with Crippen molar-refractivity contribution in [2.45, 2.75) is 0 Å². The Morgan fingerprint density at radius 3 is 2.34 bits per heavy atom. The minimum Gasteiger partial charge on any atom is -0.497 e. The number of esters is 2. The lowest BCUT2D eigenvalue weighted by molar-refractivity contribution is -0.112. The number of ether oxygens (including phenoxy) is 3. The van der Waals surface area contributed by atoms with Crippen molar-refractivity contribution in [3.63, 3.8) is 0 Å². The van der Waals surface area contributed by atoms with Gasteiger partial charge in [0.2, 0.25) is 0 Å². The summed E-state index contributed by atoms with van der Waals surface area (Å²) >= 11 is 3.34. The highest BCUT2D eigenvalue weighted by Crippen LogP contribution is 2.27. The van der Waals surface area contributed by atoms with Gasteiger partial charge in [-0.15, -0.1) is 0 Å². The third-order valence-corrected chi connectivity index (χ3v) is 5.24. The van der Waals surface area contributed by atoms with Crippen LogP contribution in [0.1, 0.15) is 26.3 Å². The predicted octanol–water partition coefficient (Wildman–Crippen LogP) is 5.01. The van der Waals surface area contributed by atoms with Crippen LogP contribution in [-0.4, -0.2) is 32.1 Å². The van der Waals surface area contributed by atoms with Gasteiger partial charge in [-0.05, 0) is 60.7 Å². The van der Waals surface area contributed by atoms with Gasteiger partial charge >= 0.3 is 11.9 Å². The first-order valence-corrected chi connectivity index (χ1v) is 10.9. The molecule has 0 aliphatic carbocycles. The molecule has 35 heavy (non-hydrogen) atoms.